The minimum atomic E-state index is -0.171. The Morgan fingerprint density at radius 1 is 0.926 bits per heavy atom. The quantitative estimate of drug-likeness (QED) is 0.770. The van der Waals surface area contributed by atoms with Crippen molar-refractivity contribution in [3.63, 3.8) is 0 Å². The number of ether oxygens (including phenoxy) is 1. The molecule has 1 aliphatic heterocycles. The lowest BCUT2D eigenvalue weighted by molar-refractivity contribution is 0.0535. The summed E-state index contributed by atoms with van der Waals surface area (Å²) < 4.78 is 5.40. The number of halogens is 2. The Kier molecular flexibility index (Phi) is 6.24. The Labute approximate surface area is 168 Å². The largest absolute Gasteiger partial charge is 0.494 e. The fourth-order valence-corrected chi connectivity index (χ4v) is 3.36. The molecule has 0 aliphatic carbocycles. The fourth-order valence-electron chi connectivity index (χ4n) is 2.99. The zero-order valence-electron chi connectivity index (χ0n) is 15.0. The number of piperazine rings is 1. The molecule has 2 aromatic carbocycles. The van der Waals surface area contributed by atoms with E-state index in [1.807, 2.05) is 6.92 Å². The van der Waals surface area contributed by atoms with E-state index in [2.05, 4.69) is 0 Å². The van der Waals surface area contributed by atoms with E-state index in [4.69, 9.17) is 27.9 Å². The maximum Gasteiger partial charge on any atom is 0.255 e. The molecule has 0 bridgehead atoms. The highest BCUT2D eigenvalue weighted by atomic mass is 35.5. The SMILES string of the molecule is CCOc1ccc(C(=O)N2CCN(C(=O)c3cc(Cl)ccc3Cl)CC2)cc1. The summed E-state index contributed by atoms with van der Waals surface area (Å²) >= 11 is 12.1. The second-order valence-electron chi connectivity index (χ2n) is 6.17. The van der Waals surface area contributed by atoms with Crippen LogP contribution < -0.4 is 4.74 Å². The lowest BCUT2D eigenvalue weighted by Gasteiger charge is -2.35. The number of carbonyl (C=O) groups excluding carboxylic acids is 2. The van der Waals surface area contributed by atoms with Gasteiger partial charge in [0.15, 0.2) is 0 Å². The Bertz CT molecular complexity index is 832. The third-order valence-corrected chi connectivity index (χ3v) is 4.99. The number of benzene rings is 2. The molecule has 1 aliphatic rings. The van der Waals surface area contributed by atoms with Crippen LogP contribution >= 0.6 is 23.2 Å². The summed E-state index contributed by atoms with van der Waals surface area (Å²) in [6.45, 7) is 4.33. The van der Waals surface area contributed by atoms with Gasteiger partial charge in [0.2, 0.25) is 0 Å². The molecule has 2 amide bonds. The topological polar surface area (TPSA) is 49.9 Å². The first-order chi connectivity index (χ1) is 13.0. The van der Waals surface area contributed by atoms with Crippen LogP contribution in [-0.2, 0) is 0 Å². The van der Waals surface area contributed by atoms with Crippen LogP contribution in [0.3, 0.4) is 0 Å². The minimum Gasteiger partial charge on any atom is -0.494 e. The summed E-state index contributed by atoms with van der Waals surface area (Å²) in [6.07, 6.45) is 0. The molecule has 1 saturated heterocycles. The van der Waals surface area contributed by atoms with Gasteiger partial charge in [0.05, 0.1) is 17.2 Å². The Hall–Kier alpha value is -2.24. The van der Waals surface area contributed by atoms with Crippen LogP contribution in [0.5, 0.6) is 5.75 Å². The predicted octanol–water partition coefficient (Wildman–Crippen LogP) is 3.99. The molecule has 1 heterocycles. The van der Waals surface area contributed by atoms with Crippen LogP contribution in [0.4, 0.5) is 0 Å². The molecule has 0 spiro atoms. The van der Waals surface area contributed by atoms with E-state index < -0.39 is 0 Å². The van der Waals surface area contributed by atoms with Gasteiger partial charge in [0, 0.05) is 36.8 Å². The highest BCUT2D eigenvalue weighted by Crippen LogP contribution is 2.23. The first-order valence-electron chi connectivity index (χ1n) is 8.76. The maximum atomic E-state index is 12.7. The van der Waals surface area contributed by atoms with Crippen molar-refractivity contribution < 1.29 is 14.3 Å². The molecule has 0 radical (unpaired) electrons. The van der Waals surface area contributed by atoms with E-state index in [1.165, 1.54) is 0 Å². The molecule has 7 heteroatoms. The van der Waals surface area contributed by atoms with Crippen molar-refractivity contribution in [3.05, 3.63) is 63.6 Å². The molecule has 3 rings (SSSR count). The van der Waals surface area contributed by atoms with E-state index in [9.17, 15) is 9.59 Å². The Morgan fingerprint density at radius 3 is 2.11 bits per heavy atom. The van der Waals surface area contributed by atoms with Crippen LogP contribution in [0.1, 0.15) is 27.6 Å². The lowest BCUT2D eigenvalue weighted by Crippen LogP contribution is -2.50. The number of hydrogen-bond donors (Lipinski definition) is 0. The van der Waals surface area contributed by atoms with E-state index >= 15 is 0 Å². The van der Waals surface area contributed by atoms with Crippen LogP contribution in [0.2, 0.25) is 10.0 Å². The molecule has 2 aromatic rings. The van der Waals surface area contributed by atoms with Gasteiger partial charge in [-0.05, 0) is 49.4 Å². The molecule has 0 aromatic heterocycles. The molecule has 0 N–H and O–H groups in total. The number of carbonyl (C=O) groups is 2. The third-order valence-electron chi connectivity index (χ3n) is 4.43. The molecular formula is C20H20Cl2N2O3. The Morgan fingerprint density at radius 2 is 1.52 bits per heavy atom. The van der Waals surface area contributed by atoms with Gasteiger partial charge >= 0.3 is 0 Å². The summed E-state index contributed by atoms with van der Waals surface area (Å²) in [5, 5.41) is 0.837. The average molecular weight is 407 g/mol. The monoisotopic (exact) mass is 406 g/mol. The number of amides is 2. The van der Waals surface area contributed by atoms with Crippen LogP contribution in [-0.4, -0.2) is 54.4 Å². The van der Waals surface area contributed by atoms with E-state index in [-0.39, 0.29) is 11.8 Å². The standard InChI is InChI=1S/C20H20Cl2N2O3/c1-2-27-16-6-3-14(4-7-16)19(25)23-9-11-24(12-10-23)20(26)17-13-15(21)5-8-18(17)22/h3-8,13H,2,9-12H2,1H3. The Balaban J connectivity index is 1.62. The minimum absolute atomic E-state index is 0.0501. The van der Waals surface area contributed by atoms with E-state index in [1.54, 1.807) is 52.3 Å². The second-order valence-corrected chi connectivity index (χ2v) is 7.01. The molecule has 5 nitrogen and oxygen atoms in total. The molecule has 27 heavy (non-hydrogen) atoms. The summed E-state index contributed by atoms with van der Waals surface area (Å²) in [6, 6.07) is 11.9. The van der Waals surface area contributed by atoms with Gasteiger partial charge in [-0.15, -0.1) is 0 Å². The summed E-state index contributed by atoms with van der Waals surface area (Å²) in [4.78, 5) is 28.8. The predicted molar refractivity (Wildman–Crippen MR) is 106 cm³/mol. The zero-order chi connectivity index (χ0) is 19.4. The average Bonchev–Trinajstić information content (AvgIpc) is 2.70. The van der Waals surface area contributed by atoms with Crippen molar-refractivity contribution in [1.29, 1.82) is 0 Å². The van der Waals surface area contributed by atoms with Crippen LogP contribution in [0, 0.1) is 0 Å². The molecule has 142 valence electrons. The lowest BCUT2D eigenvalue weighted by atomic mass is 10.1. The van der Waals surface area contributed by atoms with Crippen LogP contribution in [0.15, 0.2) is 42.5 Å². The zero-order valence-corrected chi connectivity index (χ0v) is 16.5. The first kappa shape index (κ1) is 19.5. The normalized spacial score (nSPS) is 14.2. The molecule has 0 atom stereocenters. The van der Waals surface area contributed by atoms with Crippen molar-refractivity contribution in [2.24, 2.45) is 0 Å². The smallest absolute Gasteiger partial charge is 0.255 e. The number of hydrogen-bond acceptors (Lipinski definition) is 3. The van der Waals surface area contributed by atoms with Gasteiger partial charge in [-0.1, -0.05) is 23.2 Å². The third kappa shape index (κ3) is 4.54. The highest BCUT2D eigenvalue weighted by Gasteiger charge is 2.26. The van der Waals surface area contributed by atoms with Crippen molar-refractivity contribution >= 4 is 35.0 Å². The van der Waals surface area contributed by atoms with Crippen molar-refractivity contribution in [3.8, 4) is 5.75 Å². The maximum absolute atomic E-state index is 12.7. The van der Waals surface area contributed by atoms with Gasteiger partial charge in [0.25, 0.3) is 11.8 Å². The van der Waals surface area contributed by atoms with E-state index in [0.717, 1.165) is 5.75 Å². The van der Waals surface area contributed by atoms with Gasteiger partial charge in [-0.25, -0.2) is 0 Å². The van der Waals surface area contributed by atoms with Gasteiger partial charge in [0.1, 0.15) is 5.75 Å². The second kappa shape index (κ2) is 8.63. The van der Waals surface area contributed by atoms with Gasteiger partial charge in [-0.3, -0.25) is 9.59 Å². The molecule has 1 fully saturated rings. The van der Waals surface area contributed by atoms with Crippen LogP contribution in [0.25, 0.3) is 0 Å². The van der Waals surface area contributed by atoms with Crippen molar-refractivity contribution in [2.75, 3.05) is 32.8 Å². The first-order valence-corrected chi connectivity index (χ1v) is 9.51. The molecule has 0 saturated carbocycles. The fraction of sp³-hybridized carbons (Fsp3) is 0.300. The summed E-state index contributed by atoms with van der Waals surface area (Å²) in [5.41, 5.74) is 0.992. The number of rotatable bonds is 4. The molecular weight excluding hydrogens is 387 g/mol. The van der Waals surface area contributed by atoms with Crippen molar-refractivity contribution in [2.45, 2.75) is 6.92 Å². The molecule has 0 unspecified atom stereocenters. The summed E-state index contributed by atoms with van der Waals surface area (Å²) in [7, 11) is 0. The van der Waals surface area contributed by atoms with Gasteiger partial charge in [-0.2, -0.15) is 0 Å². The highest BCUT2D eigenvalue weighted by molar-refractivity contribution is 6.35. The summed E-state index contributed by atoms with van der Waals surface area (Å²) in [5.74, 6) is 0.518. The number of nitrogens with zero attached hydrogens (tertiary/aromatic N) is 2. The van der Waals surface area contributed by atoms with Crippen molar-refractivity contribution in [1.82, 2.24) is 9.80 Å². The van der Waals surface area contributed by atoms with Gasteiger partial charge < -0.3 is 14.5 Å². The van der Waals surface area contributed by atoms with E-state index in [0.29, 0.717) is 54.0 Å².